The first kappa shape index (κ1) is 18.3. The number of carbonyl (C=O) groups excluding carboxylic acids is 2. The van der Waals surface area contributed by atoms with Crippen LogP contribution in [0.3, 0.4) is 0 Å². The van der Waals surface area contributed by atoms with Crippen molar-refractivity contribution in [2.45, 2.75) is 13.5 Å². The van der Waals surface area contributed by atoms with E-state index in [4.69, 9.17) is 11.6 Å². The number of hydrogen-bond donors (Lipinski definition) is 1. The van der Waals surface area contributed by atoms with Gasteiger partial charge >= 0.3 is 6.03 Å². The lowest BCUT2D eigenvalue weighted by Gasteiger charge is -2.36. The number of ketones is 1. The highest BCUT2D eigenvalue weighted by Gasteiger charge is 2.21. The van der Waals surface area contributed by atoms with E-state index in [1.54, 1.807) is 6.92 Å². The fourth-order valence-corrected chi connectivity index (χ4v) is 3.22. The highest BCUT2D eigenvalue weighted by molar-refractivity contribution is 6.31. The summed E-state index contributed by atoms with van der Waals surface area (Å²) in [7, 11) is 0. The van der Waals surface area contributed by atoms with Crippen molar-refractivity contribution in [3.8, 4) is 0 Å². The largest absolute Gasteiger partial charge is 0.368 e. The Morgan fingerprint density at radius 1 is 1.04 bits per heavy atom. The van der Waals surface area contributed by atoms with Gasteiger partial charge in [-0.15, -0.1) is 0 Å². The van der Waals surface area contributed by atoms with Gasteiger partial charge in [-0.1, -0.05) is 41.9 Å². The van der Waals surface area contributed by atoms with Gasteiger partial charge in [0, 0.05) is 49.0 Å². The lowest BCUT2D eigenvalue weighted by molar-refractivity contribution is 0.101. The average molecular weight is 372 g/mol. The smallest absolute Gasteiger partial charge is 0.317 e. The van der Waals surface area contributed by atoms with E-state index < -0.39 is 0 Å². The van der Waals surface area contributed by atoms with E-state index in [9.17, 15) is 9.59 Å². The Bertz CT molecular complexity index is 801. The average Bonchev–Trinajstić information content (AvgIpc) is 2.67. The molecule has 1 N–H and O–H groups in total. The van der Waals surface area contributed by atoms with Crippen LogP contribution in [0, 0.1) is 0 Å². The molecule has 2 amide bonds. The van der Waals surface area contributed by atoms with E-state index in [0.29, 0.717) is 30.2 Å². The topological polar surface area (TPSA) is 52.7 Å². The van der Waals surface area contributed by atoms with Gasteiger partial charge in [0.1, 0.15) is 0 Å². The molecule has 1 fully saturated rings. The summed E-state index contributed by atoms with van der Waals surface area (Å²) in [6.07, 6.45) is 0. The van der Waals surface area contributed by atoms with Gasteiger partial charge in [0.15, 0.2) is 5.78 Å². The first-order chi connectivity index (χ1) is 12.5. The Morgan fingerprint density at radius 2 is 1.77 bits per heavy atom. The zero-order valence-corrected chi connectivity index (χ0v) is 15.5. The van der Waals surface area contributed by atoms with Crippen molar-refractivity contribution in [1.82, 2.24) is 10.2 Å². The number of urea groups is 1. The Hall–Kier alpha value is -2.53. The molecule has 0 unspecified atom stereocenters. The Morgan fingerprint density at radius 3 is 2.46 bits per heavy atom. The third-order valence-corrected chi connectivity index (χ3v) is 4.94. The molecular formula is C20H22ClN3O2. The standard InChI is InChI=1S/C20H22ClN3O2/c1-15(25)16-6-4-7-18(13-16)23-9-11-24(12-10-23)20(26)22-14-17-5-2-3-8-19(17)21/h2-8,13H,9-12,14H2,1H3,(H,22,26). The summed E-state index contributed by atoms with van der Waals surface area (Å²) in [6, 6.07) is 15.0. The molecule has 3 rings (SSSR count). The third-order valence-electron chi connectivity index (χ3n) is 4.57. The maximum atomic E-state index is 12.4. The van der Waals surface area contributed by atoms with Crippen LogP contribution in [0.4, 0.5) is 10.5 Å². The summed E-state index contributed by atoms with van der Waals surface area (Å²) >= 11 is 6.12. The SMILES string of the molecule is CC(=O)c1cccc(N2CCN(C(=O)NCc3ccccc3Cl)CC2)c1. The highest BCUT2D eigenvalue weighted by atomic mass is 35.5. The van der Waals surface area contributed by atoms with Crippen LogP contribution in [0.15, 0.2) is 48.5 Å². The summed E-state index contributed by atoms with van der Waals surface area (Å²) in [5.41, 5.74) is 2.64. The van der Waals surface area contributed by atoms with Gasteiger partial charge in [-0.25, -0.2) is 4.79 Å². The van der Waals surface area contributed by atoms with E-state index in [-0.39, 0.29) is 11.8 Å². The van der Waals surface area contributed by atoms with Crippen molar-refractivity contribution in [2.24, 2.45) is 0 Å². The number of Topliss-reactive ketones (excluding diaryl/α,β-unsaturated/α-hetero) is 1. The van der Waals surface area contributed by atoms with Gasteiger partial charge < -0.3 is 15.1 Å². The van der Waals surface area contributed by atoms with Crippen LogP contribution in [-0.4, -0.2) is 42.9 Å². The number of piperazine rings is 1. The van der Waals surface area contributed by atoms with Crippen molar-refractivity contribution in [2.75, 3.05) is 31.1 Å². The molecule has 1 aliphatic heterocycles. The summed E-state index contributed by atoms with van der Waals surface area (Å²) in [6.45, 7) is 4.73. The fraction of sp³-hybridized carbons (Fsp3) is 0.300. The van der Waals surface area contributed by atoms with Crippen LogP contribution in [-0.2, 0) is 6.54 Å². The first-order valence-electron chi connectivity index (χ1n) is 8.67. The number of benzene rings is 2. The van der Waals surface area contributed by atoms with Gasteiger partial charge in [0.2, 0.25) is 0 Å². The fourth-order valence-electron chi connectivity index (χ4n) is 3.01. The van der Waals surface area contributed by atoms with Crippen molar-refractivity contribution in [3.05, 3.63) is 64.7 Å². The minimum atomic E-state index is -0.0814. The summed E-state index contributed by atoms with van der Waals surface area (Å²) in [5, 5.41) is 3.58. The second-order valence-corrected chi connectivity index (χ2v) is 6.74. The van der Waals surface area contributed by atoms with E-state index in [1.807, 2.05) is 53.4 Å². The quantitative estimate of drug-likeness (QED) is 0.836. The first-order valence-corrected chi connectivity index (χ1v) is 9.04. The molecule has 1 heterocycles. The van der Waals surface area contributed by atoms with Gasteiger partial charge in [0.25, 0.3) is 0 Å². The number of amides is 2. The zero-order valence-electron chi connectivity index (χ0n) is 14.7. The molecule has 2 aromatic carbocycles. The maximum Gasteiger partial charge on any atom is 0.317 e. The summed E-state index contributed by atoms with van der Waals surface area (Å²) in [5.74, 6) is 0.0597. The van der Waals surface area contributed by atoms with Crippen molar-refractivity contribution in [1.29, 1.82) is 0 Å². The van der Waals surface area contributed by atoms with Crippen molar-refractivity contribution >= 4 is 29.1 Å². The van der Waals surface area contributed by atoms with E-state index in [1.165, 1.54) is 0 Å². The van der Waals surface area contributed by atoms with Gasteiger partial charge in [-0.05, 0) is 30.7 Å². The molecular weight excluding hydrogens is 350 g/mol. The molecule has 0 atom stereocenters. The molecule has 0 bridgehead atoms. The second-order valence-electron chi connectivity index (χ2n) is 6.33. The summed E-state index contributed by atoms with van der Waals surface area (Å²) in [4.78, 5) is 27.9. The number of anilines is 1. The molecule has 136 valence electrons. The zero-order chi connectivity index (χ0) is 18.5. The number of nitrogens with one attached hydrogen (secondary N) is 1. The monoisotopic (exact) mass is 371 g/mol. The molecule has 0 spiro atoms. The number of halogens is 1. The van der Waals surface area contributed by atoms with Crippen molar-refractivity contribution < 1.29 is 9.59 Å². The molecule has 6 heteroatoms. The normalized spacial score (nSPS) is 14.2. The van der Waals surface area contributed by atoms with Crippen LogP contribution in [0.5, 0.6) is 0 Å². The molecule has 1 aliphatic rings. The predicted octanol–water partition coefficient (Wildman–Crippen LogP) is 3.57. The Balaban J connectivity index is 1.53. The predicted molar refractivity (Wildman–Crippen MR) is 104 cm³/mol. The molecule has 0 saturated carbocycles. The van der Waals surface area contributed by atoms with Crippen LogP contribution in [0.1, 0.15) is 22.8 Å². The number of hydrogen-bond acceptors (Lipinski definition) is 3. The molecule has 0 radical (unpaired) electrons. The Kier molecular flexibility index (Phi) is 5.78. The molecule has 2 aromatic rings. The molecule has 5 nitrogen and oxygen atoms in total. The molecule has 0 aromatic heterocycles. The highest BCUT2D eigenvalue weighted by Crippen LogP contribution is 2.19. The lowest BCUT2D eigenvalue weighted by Crippen LogP contribution is -2.51. The van der Waals surface area contributed by atoms with E-state index in [0.717, 1.165) is 24.3 Å². The third kappa shape index (κ3) is 4.35. The second kappa shape index (κ2) is 8.23. The van der Waals surface area contributed by atoms with Crippen LogP contribution < -0.4 is 10.2 Å². The van der Waals surface area contributed by atoms with Gasteiger partial charge in [-0.3, -0.25) is 4.79 Å². The minimum Gasteiger partial charge on any atom is -0.368 e. The van der Waals surface area contributed by atoms with E-state index in [2.05, 4.69) is 10.2 Å². The number of rotatable bonds is 4. The minimum absolute atomic E-state index is 0.0597. The molecule has 0 aliphatic carbocycles. The molecule has 1 saturated heterocycles. The number of nitrogens with zero attached hydrogens (tertiary/aromatic N) is 2. The van der Waals surface area contributed by atoms with Crippen LogP contribution in [0.2, 0.25) is 5.02 Å². The maximum absolute atomic E-state index is 12.4. The Labute approximate surface area is 158 Å². The number of carbonyl (C=O) groups is 2. The van der Waals surface area contributed by atoms with Crippen LogP contribution >= 0.6 is 11.6 Å². The molecule has 26 heavy (non-hydrogen) atoms. The van der Waals surface area contributed by atoms with Gasteiger partial charge in [-0.2, -0.15) is 0 Å². The van der Waals surface area contributed by atoms with E-state index >= 15 is 0 Å². The van der Waals surface area contributed by atoms with Crippen molar-refractivity contribution in [3.63, 3.8) is 0 Å². The van der Waals surface area contributed by atoms with Gasteiger partial charge in [0.05, 0.1) is 0 Å². The van der Waals surface area contributed by atoms with Crippen LogP contribution in [0.25, 0.3) is 0 Å². The summed E-state index contributed by atoms with van der Waals surface area (Å²) < 4.78 is 0. The lowest BCUT2D eigenvalue weighted by atomic mass is 10.1.